The number of likely N-dealkylation sites (tertiary alicyclic amines) is 1. The Labute approximate surface area is 121 Å². The zero-order valence-corrected chi connectivity index (χ0v) is 13.4. The van der Waals surface area contributed by atoms with Crippen molar-refractivity contribution in [2.75, 3.05) is 34.2 Å². The summed E-state index contributed by atoms with van der Waals surface area (Å²) in [6, 6.07) is 0.330. The molecule has 0 bridgehead atoms. The molecule has 1 heterocycles. The van der Waals surface area contributed by atoms with Gasteiger partial charge in [-0.3, -0.25) is 9.79 Å². The van der Waals surface area contributed by atoms with Gasteiger partial charge >= 0.3 is 0 Å². The summed E-state index contributed by atoms with van der Waals surface area (Å²) in [5.41, 5.74) is 0. The van der Waals surface area contributed by atoms with Crippen molar-refractivity contribution in [2.24, 2.45) is 4.99 Å². The van der Waals surface area contributed by atoms with Crippen molar-refractivity contribution in [1.82, 2.24) is 15.1 Å². The molecule has 6 heteroatoms. The first-order valence-electron chi connectivity index (χ1n) is 5.76. The molecule has 0 aromatic rings. The Balaban J connectivity index is 0.00000256. The Bertz CT molecular complexity index is 281. The van der Waals surface area contributed by atoms with E-state index < -0.39 is 0 Å². The van der Waals surface area contributed by atoms with Crippen LogP contribution in [0.25, 0.3) is 0 Å². The zero-order chi connectivity index (χ0) is 12.1. The number of aliphatic imine (C=N–C) groups is 1. The van der Waals surface area contributed by atoms with Crippen molar-refractivity contribution in [1.29, 1.82) is 0 Å². The third kappa shape index (κ3) is 4.69. The van der Waals surface area contributed by atoms with E-state index in [9.17, 15) is 4.79 Å². The van der Waals surface area contributed by atoms with Gasteiger partial charge in [0.15, 0.2) is 5.96 Å². The maximum atomic E-state index is 11.5. The molecule has 0 aliphatic carbocycles. The number of nitrogens with one attached hydrogen (secondary N) is 1. The second-order valence-electron chi connectivity index (χ2n) is 4.26. The van der Waals surface area contributed by atoms with Crippen LogP contribution >= 0.6 is 24.0 Å². The van der Waals surface area contributed by atoms with Crippen molar-refractivity contribution >= 4 is 35.8 Å². The molecule has 1 N–H and O–H groups in total. The van der Waals surface area contributed by atoms with E-state index in [4.69, 9.17) is 0 Å². The maximum Gasteiger partial charge on any atom is 0.222 e. The number of carbonyl (C=O) groups is 1. The quantitative estimate of drug-likeness (QED) is 0.452. The van der Waals surface area contributed by atoms with E-state index in [1.54, 1.807) is 7.05 Å². The number of halogens is 1. The molecule has 1 fully saturated rings. The van der Waals surface area contributed by atoms with Crippen molar-refractivity contribution < 1.29 is 4.79 Å². The molecule has 100 valence electrons. The van der Waals surface area contributed by atoms with Crippen molar-refractivity contribution in [2.45, 2.75) is 25.8 Å². The highest BCUT2D eigenvalue weighted by Gasteiger charge is 2.25. The first-order valence-corrected chi connectivity index (χ1v) is 5.76. The van der Waals surface area contributed by atoms with Crippen LogP contribution in [0, 0.1) is 0 Å². The van der Waals surface area contributed by atoms with Crippen molar-refractivity contribution in [3.05, 3.63) is 0 Å². The van der Waals surface area contributed by atoms with Gasteiger partial charge in [-0.15, -0.1) is 24.0 Å². The molecule has 1 unspecified atom stereocenters. The van der Waals surface area contributed by atoms with Crippen LogP contribution < -0.4 is 5.32 Å². The van der Waals surface area contributed by atoms with E-state index in [-0.39, 0.29) is 29.9 Å². The van der Waals surface area contributed by atoms with Gasteiger partial charge in [-0.25, -0.2) is 0 Å². The summed E-state index contributed by atoms with van der Waals surface area (Å²) in [4.78, 5) is 19.5. The van der Waals surface area contributed by atoms with Gasteiger partial charge in [0.2, 0.25) is 5.91 Å². The van der Waals surface area contributed by atoms with Crippen molar-refractivity contribution in [3.8, 4) is 0 Å². The first-order chi connectivity index (χ1) is 7.58. The van der Waals surface area contributed by atoms with Gasteiger partial charge in [-0.1, -0.05) is 6.92 Å². The van der Waals surface area contributed by atoms with Gasteiger partial charge in [0.05, 0.1) is 0 Å². The Morgan fingerprint density at radius 2 is 2.18 bits per heavy atom. The molecule has 0 aromatic carbocycles. The topological polar surface area (TPSA) is 47.9 Å². The minimum absolute atomic E-state index is 0. The fourth-order valence-electron chi connectivity index (χ4n) is 1.90. The Kier molecular flexibility index (Phi) is 7.49. The minimum Gasteiger partial charge on any atom is -0.352 e. The SMILES string of the molecule is CCC(=O)N1CCC(NC(=NC)N(C)C)C1.I. The molecule has 0 radical (unpaired) electrons. The summed E-state index contributed by atoms with van der Waals surface area (Å²) >= 11 is 0. The Hall–Kier alpha value is -0.530. The summed E-state index contributed by atoms with van der Waals surface area (Å²) in [5.74, 6) is 1.11. The number of hydrogen-bond donors (Lipinski definition) is 1. The molecule has 17 heavy (non-hydrogen) atoms. The molecule has 5 nitrogen and oxygen atoms in total. The Morgan fingerprint density at radius 3 is 2.65 bits per heavy atom. The van der Waals surface area contributed by atoms with Crippen LogP contribution in [0.4, 0.5) is 0 Å². The highest BCUT2D eigenvalue weighted by atomic mass is 127. The fourth-order valence-corrected chi connectivity index (χ4v) is 1.90. The van der Waals surface area contributed by atoms with E-state index in [1.807, 2.05) is 30.8 Å². The molecule has 1 amide bonds. The number of nitrogens with zero attached hydrogens (tertiary/aromatic N) is 3. The lowest BCUT2D eigenvalue weighted by atomic mass is 10.3. The highest BCUT2D eigenvalue weighted by Crippen LogP contribution is 2.10. The normalized spacial score (nSPS) is 19.9. The lowest BCUT2D eigenvalue weighted by molar-refractivity contribution is -0.129. The third-order valence-electron chi connectivity index (χ3n) is 2.81. The summed E-state index contributed by atoms with van der Waals surface area (Å²) in [5, 5.41) is 3.36. The van der Waals surface area contributed by atoms with Crippen LogP contribution in [-0.4, -0.2) is 61.9 Å². The fraction of sp³-hybridized carbons (Fsp3) is 0.818. The third-order valence-corrected chi connectivity index (χ3v) is 2.81. The summed E-state index contributed by atoms with van der Waals surface area (Å²) < 4.78 is 0. The van der Waals surface area contributed by atoms with Crippen LogP contribution in [-0.2, 0) is 4.79 Å². The van der Waals surface area contributed by atoms with Crippen LogP contribution in [0.2, 0.25) is 0 Å². The largest absolute Gasteiger partial charge is 0.352 e. The summed E-state index contributed by atoms with van der Waals surface area (Å²) in [7, 11) is 5.69. The zero-order valence-electron chi connectivity index (χ0n) is 11.1. The van der Waals surface area contributed by atoms with E-state index in [1.165, 1.54) is 0 Å². The standard InChI is InChI=1S/C11H22N4O.HI/c1-5-10(16)15-7-6-9(8-15)13-11(12-2)14(3)4;/h9H,5-8H2,1-4H3,(H,12,13);1H. The molecule has 1 saturated heterocycles. The molecule has 0 aromatic heterocycles. The molecule has 1 aliphatic rings. The van der Waals surface area contributed by atoms with E-state index in [0.29, 0.717) is 12.5 Å². The molecule has 1 rings (SSSR count). The molecular formula is C11H23IN4O. The Morgan fingerprint density at radius 1 is 1.53 bits per heavy atom. The maximum absolute atomic E-state index is 11.5. The number of carbonyl (C=O) groups excluding carboxylic acids is 1. The molecule has 0 spiro atoms. The number of rotatable bonds is 2. The second kappa shape index (κ2) is 7.73. The van der Waals surface area contributed by atoms with Crippen LogP contribution in [0.5, 0.6) is 0 Å². The van der Waals surface area contributed by atoms with E-state index >= 15 is 0 Å². The predicted molar refractivity (Wildman–Crippen MR) is 80.9 cm³/mol. The van der Waals surface area contributed by atoms with Crippen LogP contribution in [0.1, 0.15) is 19.8 Å². The van der Waals surface area contributed by atoms with Crippen LogP contribution in [0.3, 0.4) is 0 Å². The van der Waals surface area contributed by atoms with Crippen LogP contribution in [0.15, 0.2) is 4.99 Å². The number of amides is 1. The highest BCUT2D eigenvalue weighted by molar-refractivity contribution is 14.0. The average molecular weight is 354 g/mol. The monoisotopic (exact) mass is 354 g/mol. The molecular weight excluding hydrogens is 331 g/mol. The summed E-state index contributed by atoms with van der Waals surface area (Å²) in [6.45, 7) is 3.55. The van der Waals surface area contributed by atoms with Gasteiger partial charge in [0.25, 0.3) is 0 Å². The lowest BCUT2D eigenvalue weighted by Crippen LogP contribution is -2.44. The lowest BCUT2D eigenvalue weighted by Gasteiger charge is -2.21. The predicted octanol–water partition coefficient (Wildman–Crippen LogP) is 0.752. The van der Waals surface area contributed by atoms with Crippen molar-refractivity contribution in [3.63, 3.8) is 0 Å². The average Bonchev–Trinajstić information content (AvgIpc) is 2.72. The first kappa shape index (κ1) is 16.5. The van der Waals surface area contributed by atoms with E-state index in [2.05, 4.69) is 10.3 Å². The smallest absolute Gasteiger partial charge is 0.222 e. The second-order valence-corrected chi connectivity index (χ2v) is 4.26. The van der Waals surface area contributed by atoms with Gasteiger partial charge in [0, 0.05) is 46.7 Å². The molecule has 1 aliphatic heterocycles. The van der Waals surface area contributed by atoms with Gasteiger partial charge in [-0.2, -0.15) is 0 Å². The van der Waals surface area contributed by atoms with Gasteiger partial charge in [-0.05, 0) is 6.42 Å². The number of hydrogen-bond acceptors (Lipinski definition) is 2. The van der Waals surface area contributed by atoms with E-state index in [0.717, 1.165) is 25.5 Å². The minimum atomic E-state index is 0. The molecule has 1 atom stereocenters. The summed E-state index contributed by atoms with van der Waals surface area (Å²) in [6.07, 6.45) is 1.59. The van der Waals surface area contributed by atoms with Gasteiger partial charge < -0.3 is 15.1 Å². The van der Waals surface area contributed by atoms with Gasteiger partial charge in [0.1, 0.15) is 0 Å². The molecule has 0 saturated carbocycles. The number of guanidine groups is 1.